The molecule has 1 N–H and O–H groups in total. The molecule has 0 unspecified atom stereocenters. The monoisotopic (exact) mass is 228 g/mol. The van der Waals surface area contributed by atoms with Crippen LogP contribution in [0.1, 0.15) is 17.3 Å². The van der Waals surface area contributed by atoms with Crippen molar-refractivity contribution in [3.8, 4) is 0 Å². The number of nitrogens with one attached hydrogen (secondary N) is 1. The van der Waals surface area contributed by atoms with Crippen LogP contribution >= 0.6 is 11.6 Å². The van der Waals surface area contributed by atoms with E-state index < -0.39 is 0 Å². The van der Waals surface area contributed by atoms with Crippen LogP contribution in [0.4, 0.5) is 0 Å². The maximum atomic E-state index is 12.0. The number of carbonyl (C=O) groups is 1. The predicted molar refractivity (Wildman–Crippen MR) is 57.1 cm³/mol. The van der Waals surface area contributed by atoms with Crippen molar-refractivity contribution in [3.63, 3.8) is 0 Å². The van der Waals surface area contributed by atoms with Crippen LogP contribution in [0.25, 0.3) is 0 Å². The molecule has 0 saturated carbocycles. The van der Waals surface area contributed by atoms with Gasteiger partial charge < -0.3 is 14.6 Å². The van der Waals surface area contributed by atoms with Crippen molar-refractivity contribution in [2.45, 2.75) is 13.0 Å². The second-order valence-electron chi connectivity index (χ2n) is 3.66. The van der Waals surface area contributed by atoms with E-state index >= 15 is 0 Å². The molecule has 0 spiro atoms. The molecule has 1 aliphatic heterocycles. The number of hydrogen-bond donors (Lipinski definition) is 1. The van der Waals surface area contributed by atoms with E-state index in [2.05, 4.69) is 5.32 Å². The van der Waals surface area contributed by atoms with Crippen molar-refractivity contribution in [2.75, 3.05) is 19.6 Å². The summed E-state index contributed by atoms with van der Waals surface area (Å²) in [6, 6.07) is 1.80. The van der Waals surface area contributed by atoms with Crippen LogP contribution in [-0.4, -0.2) is 36.5 Å². The SMILES string of the molecule is C[C@H]1CNCCN1C(=O)c1ccoc1Cl. The number of rotatable bonds is 1. The van der Waals surface area contributed by atoms with Gasteiger partial charge in [0.15, 0.2) is 0 Å². The van der Waals surface area contributed by atoms with Crippen LogP contribution in [0, 0.1) is 0 Å². The molecule has 5 heteroatoms. The number of piperazine rings is 1. The Kier molecular flexibility index (Phi) is 2.98. The molecule has 2 rings (SSSR count). The molecule has 1 atom stereocenters. The minimum Gasteiger partial charge on any atom is -0.452 e. The Morgan fingerprint density at radius 2 is 2.53 bits per heavy atom. The molecule has 1 aromatic rings. The molecule has 1 fully saturated rings. The van der Waals surface area contributed by atoms with Crippen molar-refractivity contribution >= 4 is 17.5 Å². The average Bonchev–Trinajstić information content (AvgIpc) is 2.64. The van der Waals surface area contributed by atoms with Crippen molar-refractivity contribution in [1.82, 2.24) is 10.2 Å². The molecule has 82 valence electrons. The molecule has 1 saturated heterocycles. The smallest absolute Gasteiger partial charge is 0.259 e. The molecule has 0 aliphatic carbocycles. The zero-order valence-electron chi connectivity index (χ0n) is 8.50. The molecule has 0 aromatic carbocycles. The van der Waals surface area contributed by atoms with E-state index in [0.29, 0.717) is 12.1 Å². The van der Waals surface area contributed by atoms with Crippen molar-refractivity contribution in [2.24, 2.45) is 0 Å². The second-order valence-corrected chi connectivity index (χ2v) is 4.00. The third-order valence-corrected chi connectivity index (χ3v) is 2.90. The predicted octanol–water partition coefficient (Wildman–Crippen LogP) is 1.37. The number of furan rings is 1. The molecular formula is C10H13ClN2O2. The highest BCUT2D eigenvalue weighted by molar-refractivity contribution is 6.32. The van der Waals surface area contributed by atoms with Gasteiger partial charge in [-0.1, -0.05) is 0 Å². The number of carbonyl (C=O) groups excluding carboxylic acids is 1. The minimum absolute atomic E-state index is 0.0530. The summed E-state index contributed by atoms with van der Waals surface area (Å²) in [6.07, 6.45) is 1.43. The average molecular weight is 229 g/mol. The van der Waals surface area contributed by atoms with E-state index in [-0.39, 0.29) is 17.2 Å². The van der Waals surface area contributed by atoms with Crippen LogP contribution in [0.5, 0.6) is 0 Å². The molecule has 1 amide bonds. The van der Waals surface area contributed by atoms with Crippen LogP contribution < -0.4 is 5.32 Å². The van der Waals surface area contributed by atoms with Crippen LogP contribution in [0.15, 0.2) is 16.7 Å². The Bertz CT molecular complexity index is 364. The van der Waals surface area contributed by atoms with Gasteiger partial charge in [0, 0.05) is 25.7 Å². The third-order valence-electron chi connectivity index (χ3n) is 2.61. The highest BCUT2D eigenvalue weighted by Gasteiger charge is 2.26. The number of halogens is 1. The van der Waals surface area contributed by atoms with Crippen LogP contribution in [-0.2, 0) is 0 Å². The lowest BCUT2D eigenvalue weighted by Crippen LogP contribution is -2.52. The van der Waals surface area contributed by atoms with E-state index in [1.54, 1.807) is 6.07 Å². The van der Waals surface area contributed by atoms with Gasteiger partial charge in [-0.25, -0.2) is 0 Å². The van der Waals surface area contributed by atoms with Gasteiger partial charge in [0.2, 0.25) is 5.22 Å². The van der Waals surface area contributed by atoms with Crippen LogP contribution in [0.2, 0.25) is 5.22 Å². The van der Waals surface area contributed by atoms with Gasteiger partial charge in [-0.3, -0.25) is 4.79 Å². The third kappa shape index (κ3) is 2.01. The topological polar surface area (TPSA) is 45.5 Å². The molecule has 1 aliphatic rings. The molecule has 0 bridgehead atoms. The van der Waals surface area contributed by atoms with Gasteiger partial charge in [0.1, 0.15) is 0 Å². The number of nitrogens with zero attached hydrogens (tertiary/aromatic N) is 1. The largest absolute Gasteiger partial charge is 0.452 e. The molecule has 15 heavy (non-hydrogen) atoms. The fourth-order valence-electron chi connectivity index (χ4n) is 1.74. The highest BCUT2D eigenvalue weighted by Crippen LogP contribution is 2.20. The summed E-state index contributed by atoms with van der Waals surface area (Å²) in [5.74, 6) is -0.0530. The van der Waals surface area contributed by atoms with Gasteiger partial charge in [-0.15, -0.1) is 0 Å². The summed E-state index contributed by atoms with van der Waals surface area (Å²) in [5, 5.41) is 3.40. The minimum atomic E-state index is -0.0530. The van der Waals surface area contributed by atoms with Crippen molar-refractivity contribution in [3.05, 3.63) is 23.1 Å². The fraction of sp³-hybridized carbons (Fsp3) is 0.500. The molecule has 2 heterocycles. The fourth-order valence-corrected chi connectivity index (χ4v) is 1.94. The zero-order valence-corrected chi connectivity index (χ0v) is 9.25. The first kappa shape index (κ1) is 10.5. The standard InChI is InChI=1S/C10H13ClN2O2/c1-7-6-12-3-4-13(7)10(14)8-2-5-15-9(8)11/h2,5,7,12H,3-4,6H2,1H3/t7-/m0/s1. The van der Waals surface area contributed by atoms with Crippen LogP contribution in [0.3, 0.4) is 0 Å². The lowest BCUT2D eigenvalue weighted by molar-refractivity contribution is 0.0655. The highest BCUT2D eigenvalue weighted by atomic mass is 35.5. The van der Waals surface area contributed by atoms with Gasteiger partial charge in [-0.05, 0) is 24.6 Å². The van der Waals surface area contributed by atoms with Crippen molar-refractivity contribution in [1.29, 1.82) is 0 Å². The lowest BCUT2D eigenvalue weighted by Gasteiger charge is -2.33. The summed E-state index contributed by atoms with van der Waals surface area (Å²) in [4.78, 5) is 13.9. The molecule has 1 aromatic heterocycles. The van der Waals surface area contributed by atoms with E-state index in [0.717, 1.165) is 13.1 Å². The van der Waals surface area contributed by atoms with Gasteiger partial charge in [-0.2, -0.15) is 0 Å². The number of hydrogen-bond acceptors (Lipinski definition) is 3. The zero-order chi connectivity index (χ0) is 10.8. The summed E-state index contributed by atoms with van der Waals surface area (Å²) in [7, 11) is 0. The lowest BCUT2D eigenvalue weighted by atomic mass is 10.2. The summed E-state index contributed by atoms with van der Waals surface area (Å²) in [5.41, 5.74) is 0.449. The summed E-state index contributed by atoms with van der Waals surface area (Å²) < 4.78 is 4.91. The Morgan fingerprint density at radius 3 is 3.13 bits per heavy atom. The van der Waals surface area contributed by atoms with Gasteiger partial charge in [0.05, 0.1) is 11.8 Å². The van der Waals surface area contributed by atoms with E-state index in [1.165, 1.54) is 6.26 Å². The quantitative estimate of drug-likeness (QED) is 0.790. The van der Waals surface area contributed by atoms with E-state index in [4.69, 9.17) is 16.0 Å². The maximum absolute atomic E-state index is 12.0. The first-order valence-corrected chi connectivity index (χ1v) is 5.32. The van der Waals surface area contributed by atoms with E-state index in [1.807, 2.05) is 11.8 Å². The molecule has 4 nitrogen and oxygen atoms in total. The Labute approximate surface area is 93.2 Å². The number of amides is 1. The Morgan fingerprint density at radius 1 is 1.73 bits per heavy atom. The summed E-state index contributed by atoms with van der Waals surface area (Å²) >= 11 is 5.77. The van der Waals surface area contributed by atoms with Crippen molar-refractivity contribution < 1.29 is 9.21 Å². The molecule has 0 radical (unpaired) electrons. The Balaban J connectivity index is 2.17. The normalized spacial score (nSPS) is 21.7. The first-order chi connectivity index (χ1) is 7.20. The second kappa shape index (κ2) is 4.24. The van der Waals surface area contributed by atoms with E-state index in [9.17, 15) is 4.79 Å². The van der Waals surface area contributed by atoms with Gasteiger partial charge in [0.25, 0.3) is 5.91 Å². The molecular weight excluding hydrogens is 216 g/mol. The summed E-state index contributed by atoms with van der Waals surface area (Å²) in [6.45, 7) is 4.37. The maximum Gasteiger partial charge on any atom is 0.259 e. The van der Waals surface area contributed by atoms with Gasteiger partial charge >= 0.3 is 0 Å². The first-order valence-electron chi connectivity index (χ1n) is 4.95. The Hall–Kier alpha value is -1.00.